The highest BCUT2D eigenvalue weighted by Gasteiger charge is 2.19. The molecule has 0 bridgehead atoms. The van der Waals surface area contributed by atoms with Gasteiger partial charge in [-0.15, -0.1) is 0 Å². The molecule has 0 unspecified atom stereocenters. The summed E-state index contributed by atoms with van der Waals surface area (Å²) in [6, 6.07) is 7.92. The zero-order valence-corrected chi connectivity index (χ0v) is 10.8. The quantitative estimate of drug-likeness (QED) is 0.922. The second kappa shape index (κ2) is 5.69. The fourth-order valence-electron chi connectivity index (χ4n) is 2.08. The van der Waals surface area contributed by atoms with Crippen molar-refractivity contribution < 1.29 is 9.84 Å². The second-order valence-electron chi connectivity index (χ2n) is 4.44. The molecule has 0 radical (unpaired) electrons. The lowest BCUT2D eigenvalue weighted by atomic mass is 9.88. The van der Waals surface area contributed by atoms with Gasteiger partial charge >= 0.3 is 0 Å². The van der Waals surface area contributed by atoms with E-state index in [2.05, 4.69) is 15.9 Å². The first-order valence-electron chi connectivity index (χ1n) is 5.80. The van der Waals surface area contributed by atoms with Gasteiger partial charge in [0.05, 0.1) is 12.7 Å². The topological polar surface area (TPSA) is 29.5 Å². The normalized spacial score (nSPS) is 25.4. The maximum atomic E-state index is 9.40. The lowest BCUT2D eigenvalue weighted by Gasteiger charge is -2.25. The zero-order valence-electron chi connectivity index (χ0n) is 9.23. The van der Waals surface area contributed by atoms with E-state index in [9.17, 15) is 5.11 Å². The molecule has 2 nitrogen and oxygen atoms in total. The van der Waals surface area contributed by atoms with Crippen LogP contribution in [0.15, 0.2) is 28.7 Å². The Hall–Kier alpha value is -0.540. The third-order valence-corrected chi connectivity index (χ3v) is 3.59. The van der Waals surface area contributed by atoms with Crippen molar-refractivity contribution in [2.24, 2.45) is 5.92 Å². The monoisotopic (exact) mass is 284 g/mol. The van der Waals surface area contributed by atoms with Gasteiger partial charge in [-0.25, -0.2) is 0 Å². The van der Waals surface area contributed by atoms with Gasteiger partial charge in [0.2, 0.25) is 0 Å². The molecule has 0 saturated heterocycles. The summed E-state index contributed by atoms with van der Waals surface area (Å²) in [6.07, 6.45) is 3.92. The van der Waals surface area contributed by atoms with Gasteiger partial charge < -0.3 is 9.84 Å². The average Bonchev–Trinajstić information content (AvgIpc) is 2.28. The van der Waals surface area contributed by atoms with Crippen molar-refractivity contribution in [1.29, 1.82) is 0 Å². The summed E-state index contributed by atoms with van der Waals surface area (Å²) >= 11 is 3.42. The molecule has 2 rings (SSSR count). The van der Waals surface area contributed by atoms with Crippen molar-refractivity contribution in [3.8, 4) is 5.75 Å². The summed E-state index contributed by atoms with van der Waals surface area (Å²) in [6.45, 7) is 0.767. The summed E-state index contributed by atoms with van der Waals surface area (Å²) in [4.78, 5) is 0. The Morgan fingerprint density at radius 3 is 2.69 bits per heavy atom. The Bertz CT molecular complexity index is 332. The number of aliphatic hydroxyl groups excluding tert-OH is 1. The molecule has 1 aliphatic rings. The fourth-order valence-corrected chi connectivity index (χ4v) is 2.46. The Balaban J connectivity index is 1.79. The fraction of sp³-hybridized carbons (Fsp3) is 0.538. The number of ether oxygens (including phenoxy) is 1. The molecule has 16 heavy (non-hydrogen) atoms. The van der Waals surface area contributed by atoms with Crippen molar-refractivity contribution in [2.75, 3.05) is 6.61 Å². The minimum atomic E-state index is -0.0814. The van der Waals surface area contributed by atoms with Crippen LogP contribution in [0.25, 0.3) is 0 Å². The molecule has 1 fully saturated rings. The minimum absolute atomic E-state index is 0.0814. The molecule has 3 heteroatoms. The van der Waals surface area contributed by atoms with E-state index >= 15 is 0 Å². The van der Waals surface area contributed by atoms with Gasteiger partial charge in [0.1, 0.15) is 5.75 Å². The van der Waals surface area contributed by atoms with Crippen LogP contribution in [0.3, 0.4) is 0 Å². The van der Waals surface area contributed by atoms with Crippen LogP contribution < -0.4 is 4.74 Å². The molecular weight excluding hydrogens is 268 g/mol. The van der Waals surface area contributed by atoms with Gasteiger partial charge in [0, 0.05) is 4.47 Å². The molecule has 0 spiro atoms. The minimum Gasteiger partial charge on any atom is -0.493 e. The first-order valence-corrected chi connectivity index (χ1v) is 6.60. The Morgan fingerprint density at radius 2 is 2.00 bits per heavy atom. The summed E-state index contributed by atoms with van der Waals surface area (Å²) in [5.74, 6) is 1.52. The first kappa shape index (κ1) is 11.9. The molecule has 0 aromatic heterocycles. The molecule has 88 valence electrons. The molecule has 0 amide bonds. The van der Waals surface area contributed by atoms with Gasteiger partial charge in [-0.05, 0) is 49.8 Å². The highest BCUT2D eigenvalue weighted by Crippen LogP contribution is 2.25. The number of halogens is 1. The van der Waals surface area contributed by atoms with E-state index in [0.29, 0.717) is 5.92 Å². The number of benzene rings is 1. The first-order chi connectivity index (χ1) is 7.74. The summed E-state index contributed by atoms with van der Waals surface area (Å²) in [5, 5.41) is 9.40. The van der Waals surface area contributed by atoms with Crippen LogP contribution in [0.5, 0.6) is 5.75 Å². The van der Waals surface area contributed by atoms with Crippen molar-refractivity contribution in [1.82, 2.24) is 0 Å². The number of rotatable bonds is 3. The van der Waals surface area contributed by atoms with E-state index in [4.69, 9.17) is 4.74 Å². The number of aliphatic hydroxyl groups is 1. The van der Waals surface area contributed by atoms with Gasteiger partial charge in [0.15, 0.2) is 0 Å². The third-order valence-electron chi connectivity index (χ3n) is 3.10. The van der Waals surface area contributed by atoms with E-state index in [1.54, 1.807) is 0 Å². The predicted molar refractivity (Wildman–Crippen MR) is 67.6 cm³/mol. The van der Waals surface area contributed by atoms with Crippen LogP contribution in [-0.4, -0.2) is 17.8 Å². The van der Waals surface area contributed by atoms with Crippen molar-refractivity contribution in [2.45, 2.75) is 31.8 Å². The smallest absolute Gasteiger partial charge is 0.120 e. The van der Waals surface area contributed by atoms with E-state index in [1.807, 2.05) is 24.3 Å². The summed E-state index contributed by atoms with van der Waals surface area (Å²) in [5.41, 5.74) is 0. The molecular formula is C13H17BrO2. The predicted octanol–water partition coefficient (Wildman–Crippen LogP) is 3.38. The standard InChI is InChI=1S/C13H17BrO2/c14-11-2-1-3-13(8-11)16-9-10-4-6-12(15)7-5-10/h1-3,8,10,12,15H,4-7,9H2/t10-,12-. The molecule has 1 aromatic carbocycles. The lowest BCUT2D eigenvalue weighted by Crippen LogP contribution is -2.22. The van der Waals surface area contributed by atoms with Crippen LogP contribution in [0.4, 0.5) is 0 Å². The lowest BCUT2D eigenvalue weighted by molar-refractivity contribution is 0.0917. The molecule has 1 N–H and O–H groups in total. The molecule has 0 heterocycles. The Labute approximate surface area is 105 Å². The van der Waals surface area contributed by atoms with E-state index in [-0.39, 0.29) is 6.10 Å². The van der Waals surface area contributed by atoms with Crippen LogP contribution >= 0.6 is 15.9 Å². The highest BCUT2D eigenvalue weighted by atomic mass is 79.9. The Kier molecular flexibility index (Phi) is 4.24. The van der Waals surface area contributed by atoms with E-state index < -0.39 is 0 Å². The zero-order chi connectivity index (χ0) is 11.4. The number of hydrogen-bond donors (Lipinski definition) is 1. The van der Waals surface area contributed by atoms with Crippen LogP contribution in [0.1, 0.15) is 25.7 Å². The van der Waals surface area contributed by atoms with Crippen molar-refractivity contribution >= 4 is 15.9 Å². The maximum absolute atomic E-state index is 9.40. The van der Waals surface area contributed by atoms with E-state index in [0.717, 1.165) is 42.5 Å². The molecule has 0 aliphatic heterocycles. The van der Waals surface area contributed by atoms with E-state index in [1.165, 1.54) is 0 Å². The molecule has 1 saturated carbocycles. The van der Waals surface area contributed by atoms with Crippen LogP contribution in [0.2, 0.25) is 0 Å². The van der Waals surface area contributed by atoms with Crippen molar-refractivity contribution in [3.05, 3.63) is 28.7 Å². The van der Waals surface area contributed by atoms with Crippen LogP contribution in [-0.2, 0) is 0 Å². The van der Waals surface area contributed by atoms with Crippen LogP contribution in [0, 0.1) is 5.92 Å². The maximum Gasteiger partial charge on any atom is 0.120 e. The van der Waals surface area contributed by atoms with Gasteiger partial charge in [-0.1, -0.05) is 22.0 Å². The highest BCUT2D eigenvalue weighted by molar-refractivity contribution is 9.10. The van der Waals surface area contributed by atoms with Crippen molar-refractivity contribution in [3.63, 3.8) is 0 Å². The average molecular weight is 285 g/mol. The molecule has 1 aromatic rings. The molecule has 1 aliphatic carbocycles. The largest absolute Gasteiger partial charge is 0.493 e. The summed E-state index contributed by atoms with van der Waals surface area (Å²) < 4.78 is 6.80. The van der Waals surface area contributed by atoms with Gasteiger partial charge in [0.25, 0.3) is 0 Å². The second-order valence-corrected chi connectivity index (χ2v) is 5.36. The van der Waals surface area contributed by atoms with Gasteiger partial charge in [-0.2, -0.15) is 0 Å². The SMILES string of the molecule is O[C@H]1CC[C@H](COc2cccc(Br)c2)CC1. The Morgan fingerprint density at radius 1 is 1.25 bits per heavy atom. The third kappa shape index (κ3) is 3.49. The molecule has 0 atom stereocenters. The summed E-state index contributed by atoms with van der Waals surface area (Å²) in [7, 11) is 0. The number of hydrogen-bond acceptors (Lipinski definition) is 2. The van der Waals surface area contributed by atoms with Gasteiger partial charge in [-0.3, -0.25) is 0 Å².